The average Bonchev–Trinajstić information content (AvgIpc) is 3.47. The standard InChI is InChI=1S/C21H26N4O/c1-15-8-10-25(11-9-15)20-6-4-17(5-7-20)23-19-12-16(13-22-14-19)21(26)24-18-2-3-18/h4-7,12-15,18,23H,2-3,8-11H2,1H3,(H,24,26). The minimum Gasteiger partial charge on any atom is -0.372 e. The highest BCUT2D eigenvalue weighted by Crippen LogP contribution is 2.25. The fourth-order valence-corrected chi connectivity index (χ4v) is 3.32. The number of amides is 1. The van der Waals surface area contributed by atoms with Crippen LogP contribution in [0.2, 0.25) is 0 Å². The topological polar surface area (TPSA) is 57.3 Å². The fraction of sp³-hybridized carbons (Fsp3) is 0.429. The molecule has 0 unspecified atom stereocenters. The largest absolute Gasteiger partial charge is 0.372 e. The lowest BCUT2D eigenvalue weighted by Crippen LogP contribution is -2.32. The van der Waals surface area contributed by atoms with E-state index < -0.39 is 0 Å². The molecule has 2 aromatic rings. The van der Waals surface area contributed by atoms with Crippen LogP contribution in [0.25, 0.3) is 0 Å². The number of piperidine rings is 1. The normalized spacial score (nSPS) is 17.8. The van der Waals surface area contributed by atoms with E-state index in [1.165, 1.54) is 18.5 Å². The highest BCUT2D eigenvalue weighted by Gasteiger charge is 2.24. The highest BCUT2D eigenvalue weighted by molar-refractivity contribution is 5.95. The summed E-state index contributed by atoms with van der Waals surface area (Å²) in [7, 11) is 0. The van der Waals surface area contributed by atoms with E-state index in [-0.39, 0.29) is 5.91 Å². The van der Waals surface area contributed by atoms with Crippen molar-refractivity contribution in [2.45, 2.75) is 38.6 Å². The van der Waals surface area contributed by atoms with Crippen molar-refractivity contribution in [3.63, 3.8) is 0 Å². The van der Waals surface area contributed by atoms with Crippen LogP contribution in [0.5, 0.6) is 0 Å². The third-order valence-electron chi connectivity index (χ3n) is 5.22. The van der Waals surface area contributed by atoms with Gasteiger partial charge in [0.15, 0.2) is 0 Å². The number of nitrogens with zero attached hydrogens (tertiary/aromatic N) is 2. The number of hydrogen-bond donors (Lipinski definition) is 2. The van der Waals surface area contributed by atoms with Gasteiger partial charge in [0, 0.05) is 36.7 Å². The van der Waals surface area contributed by atoms with Crippen LogP contribution in [0.3, 0.4) is 0 Å². The molecule has 0 atom stereocenters. The maximum Gasteiger partial charge on any atom is 0.253 e. The first-order chi connectivity index (χ1) is 12.7. The van der Waals surface area contributed by atoms with Crippen molar-refractivity contribution < 1.29 is 4.79 Å². The third kappa shape index (κ3) is 4.15. The second-order valence-corrected chi connectivity index (χ2v) is 7.55. The van der Waals surface area contributed by atoms with Crippen molar-refractivity contribution >= 4 is 23.0 Å². The number of carbonyl (C=O) groups excluding carboxylic acids is 1. The molecule has 1 aliphatic heterocycles. The van der Waals surface area contributed by atoms with E-state index in [0.717, 1.165) is 43.2 Å². The molecule has 2 heterocycles. The molecule has 1 aromatic heterocycles. The molecule has 1 amide bonds. The summed E-state index contributed by atoms with van der Waals surface area (Å²) in [5, 5.41) is 6.34. The molecule has 26 heavy (non-hydrogen) atoms. The summed E-state index contributed by atoms with van der Waals surface area (Å²) >= 11 is 0. The maximum atomic E-state index is 12.2. The Balaban J connectivity index is 1.40. The number of aromatic nitrogens is 1. The first-order valence-electron chi connectivity index (χ1n) is 9.55. The predicted octanol–water partition coefficient (Wildman–Crippen LogP) is 3.95. The van der Waals surface area contributed by atoms with Crippen molar-refractivity contribution in [3.05, 3.63) is 48.3 Å². The molecular formula is C21H26N4O. The van der Waals surface area contributed by atoms with Gasteiger partial charge >= 0.3 is 0 Å². The Hall–Kier alpha value is -2.56. The van der Waals surface area contributed by atoms with Crippen molar-refractivity contribution in [2.24, 2.45) is 5.92 Å². The molecule has 4 rings (SSSR count). The molecule has 0 radical (unpaired) electrons. The van der Waals surface area contributed by atoms with Gasteiger partial charge in [-0.15, -0.1) is 0 Å². The summed E-state index contributed by atoms with van der Waals surface area (Å²) in [6.07, 6.45) is 8.05. The van der Waals surface area contributed by atoms with E-state index in [0.29, 0.717) is 11.6 Å². The van der Waals surface area contributed by atoms with Gasteiger partial charge in [0.05, 0.1) is 17.4 Å². The third-order valence-corrected chi connectivity index (χ3v) is 5.22. The molecule has 2 aliphatic rings. The lowest BCUT2D eigenvalue weighted by Gasteiger charge is -2.32. The van der Waals surface area contributed by atoms with E-state index in [1.54, 1.807) is 12.4 Å². The van der Waals surface area contributed by atoms with Crippen molar-refractivity contribution in [3.8, 4) is 0 Å². The Labute approximate surface area is 154 Å². The van der Waals surface area contributed by atoms with Crippen LogP contribution in [-0.4, -0.2) is 30.0 Å². The second kappa shape index (κ2) is 7.36. The summed E-state index contributed by atoms with van der Waals surface area (Å²) < 4.78 is 0. The number of hydrogen-bond acceptors (Lipinski definition) is 4. The first-order valence-corrected chi connectivity index (χ1v) is 9.55. The van der Waals surface area contributed by atoms with Gasteiger partial charge in [-0.3, -0.25) is 9.78 Å². The number of rotatable bonds is 5. The smallest absolute Gasteiger partial charge is 0.253 e. The minimum atomic E-state index is -0.0432. The summed E-state index contributed by atoms with van der Waals surface area (Å²) in [5.41, 5.74) is 3.70. The Morgan fingerprint density at radius 2 is 1.77 bits per heavy atom. The molecule has 1 aliphatic carbocycles. The quantitative estimate of drug-likeness (QED) is 0.857. The van der Waals surface area contributed by atoms with E-state index in [9.17, 15) is 4.79 Å². The van der Waals surface area contributed by atoms with Crippen LogP contribution < -0.4 is 15.5 Å². The second-order valence-electron chi connectivity index (χ2n) is 7.55. The minimum absolute atomic E-state index is 0.0432. The van der Waals surface area contributed by atoms with Crippen molar-refractivity contribution in [2.75, 3.05) is 23.3 Å². The van der Waals surface area contributed by atoms with Crippen LogP contribution in [0, 0.1) is 5.92 Å². The highest BCUT2D eigenvalue weighted by atomic mass is 16.1. The molecule has 136 valence electrons. The van der Waals surface area contributed by atoms with E-state index >= 15 is 0 Å². The first kappa shape index (κ1) is 16.9. The number of pyridine rings is 1. The van der Waals surface area contributed by atoms with Crippen LogP contribution in [0.4, 0.5) is 17.1 Å². The molecule has 0 spiro atoms. The van der Waals surface area contributed by atoms with E-state index in [2.05, 4.69) is 51.7 Å². The zero-order valence-corrected chi connectivity index (χ0v) is 15.2. The number of anilines is 3. The average molecular weight is 350 g/mol. The Morgan fingerprint density at radius 1 is 1.04 bits per heavy atom. The van der Waals surface area contributed by atoms with Gasteiger partial charge in [0.2, 0.25) is 0 Å². The SMILES string of the molecule is CC1CCN(c2ccc(Nc3cncc(C(=O)NC4CC4)c3)cc2)CC1. The zero-order valence-electron chi connectivity index (χ0n) is 15.2. The van der Waals surface area contributed by atoms with E-state index in [1.807, 2.05) is 6.07 Å². The van der Waals surface area contributed by atoms with Crippen LogP contribution in [-0.2, 0) is 0 Å². The lowest BCUT2D eigenvalue weighted by atomic mass is 9.99. The van der Waals surface area contributed by atoms with Crippen LogP contribution in [0.15, 0.2) is 42.7 Å². The number of nitrogens with one attached hydrogen (secondary N) is 2. The van der Waals surface area contributed by atoms with Gasteiger partial charge in [-0.2, -0.15) is 0 Å². The van der Waals surface area contributed by atoms with E-state index in [4.69, 9.17) is 0 Å². The molecule has 1 saturated heterocycles. The van der Waals surface area contributed by atoms with Gasteiger partial charge in [-0.25, -0.2) is 0 Å². The lowest BCUT2D eigenvalue weighted by molar-refractivity contribution is 0.0950. The van der Waals surface area contributed by atoms with Crippen LogP contribution in [0.1, 0.15) is 43.0 Å². The number of carbonyl (C=O) groups is 1. The van der Waals surface area contributed by atoms with Gasteiger partial charge in [-0.05, 0) is 61.9 Å². The molecule has 0 bridgehead atoms. The zero-order chi connectivity index (χ0) is 17.9. The molecule has 5 heteroatoms. The summed E-state index contributed by atoms with van der Waals surface area (Å²) in [6, 6.07) is 10.7. The summed E-state index contributed by atoms with van der Waals surface area (Å²) in [4.78, 5) is 18.8. The van der Waals surface area contributed by atoms with Gasteiger partial charge < -0.3 is 15.5 Å². The predicted molar refractivity (Wildman–Crippen MR) is 105 cm³/mol. The van der Waals surface area contributed by atoms with Crippen LogP contribution >= 0.6 is 0 Å². The summed E-state index contributed by atoms with van der Waals surface area (Å²) in [6.45, 7) is 4.60. The monoisotopic (exact) mass is 350 g/mol. The molecule has 5 nitrogen and oxygen atoms in total. The summed E-state index contributed by atoms with van der Waals surface area (Å²) in [5.74, 6) is 0.794. The Bertz CT molecular complexity index is 762. The van der Waals surface area contributed by atoms with Gasteiger partial charge in [-0.1, -0.05) is 6.92 Å². The Kier molecular flexibility index (Phi) is 4.78. The number of benzene rings is 1. The molecule has 2 N–H and O–H groups in total. The molecular weight excluding hydrogens is 324 g/mol. The van der Waals surface area contributed by atoms with Crippen molar-refractivity contribution in [1.82, 2.24) is 10.3 Å². The van der Waals surface area contributed by atoms with Gasteiger partial charge in [0.25, 0.3) is 5.91 Å². The maximum absolute atomic E-state index is 12.2. The molecule has 1 aromatic carbocycles. The molecule has 1 saturated carbocycles. The van der Waals surface area contributed by atoms with Gasteiger partial charge in [0.1, 0.15) is 0 Å². The Morgan fingerprint density at radius 3 is 2.46 bits per heavy atom. The molecule has 2 fully saturated rings. The fourth-order valence-electron chi connectivity index (χ4n) is 3.32. The van der Waals surface area contributed by atoms with Crippen molar-refractivity contribution in [1.29, 1.82) is 0 Å².